The monoisotopic (exact) mass is 410 g/mol. The molecule has 0 saturated carbocycles. The smallest absolute Gasteiger partial charge is 0.418 e. The lowest BCUT2D eigenvalue weighted by molar-refractivity contribution is -0.0317. The number of hydrogen-bond acceptors (Lipinski definition) is 7. The number of carbonyl (C=O) groups excluding carboxylic acids is 1. The molecule has 4 rings (SSSR count). The first-order valence-corrected chi connectivity index (χ1v) is 9.35. The first-order chi connectivity index (χ1) is 13.2. The zero-order valence-corrected chi connectivity index (χ0v) is 14.9. The molecule has 0 radical (unpaired) electrons. The van der Waals surface area contributed by atoms with E-state index in [4.69, 9.17) is 9.66 Å². The van der Waals surface area contributed by atoms with E-state index in [1.54, 1.807) is 30.6 Å². The van der Waals surface area contributed by atoms with Crippen LogP contribution in [0.2, 0.25) is 0 Å². The van der Waals surface area contributed by atoms with E-state index < -0.39 is 34.6 Å². The summed E-state index contributed by atoms with van der Waals surface area (Å²) >= 11 is 0. The van der Waals surface area contributed by atoms with E-state index in [0.717, 1.165) is 0 Å². The van der Waals surface area contributed by atoms with Crippen molar-refractivity contribution in [3.63, 3.8) is 0 Å². The summed E-state index contributed by atoms with van der Waals surface area (Å²) in [5, 5.41) is 16.1. The molecular weight excluding hydrogens is 396 g/mol. The third kappa shape index (κ3) is 3.12. The SMILES string of the molecule is O=C(O)NCC1c2nn(-c3ccccn3)cc2C2CN1C(=O)N2OS(=O)(=O)O. The van der Waals surface area contributed by atoms with Gasteiger partial charge in [0.1, 0.15) is 6.04 Å². The first-order valence-electron chi connectivity index (χ1n) is 7.99. The molecule has 2 unspecified atom stereocenters. The second-order valence-corrected chi connectivity index (χ2v) is 7.09. The van der Waals surface area contributed by atoms with E-state index >= 15 is 0 Å². The molecule has 2 atom stereocenters. The van der Waals surface area contributed by atoms with Gasteiger partial charge in [-0.25, -0.2) is 19.3 Å². The van der Waals surface area contributed by atoms with Crippen LogP contribution >= 0.6 is 0 Å². The second-order valence-electron chi connectivity index (χ2n) is 6.08. The molecule has 0 aliphatic carbocycles. The molecule has 2 aromatic rings. The molecule has 2 bridgehead atoms. The number of carboxylic acid groups (broad SMARTS) is 1. The van der Waals surface area contributed by atoms with Crippen LogP contribution in [0, 0.1) is 0 Å². The van der Waals surface area contributed by atoms with Gasteiger partial charge in [0.15, 0.2) is 5.82 Å². The number of nitrogens with one attached hydrogen (secondary N) is 1. The van der Waals surface area contributed by atoms with Crippen LogP contribution in [-0.4, -0.2) is 68.0 Å². The standard InChI is InChI=1S/C14H14N6O7S/c21-13(22)16-5-9-12-8(6-19(17-12)11-3-1-2-4-15-11)10-7-18(9)14(23)20(10)27-28(24,25)26/h1-4,6,9-10,16H,5,7H2,(H,21,22)(H,24,25,26). The van der Waals surface area contributed by atoms with E-state index in [9.17, 15) is 18.0 Å². The average Bonchev–Trinajstić information content (AvgIpc) is 3.18. The molecule has 1 saturated heterocycles. The molecule has 0 aromatic carbocycles. The Hall–Kier alpha value is -3.23. The quantitative estimate of drug-likeness (QED) is 0.579. The topological polar surface area (TPSA) is 167 Å². The van der Waals surface area contributed by atoms with Gasteiger partial charge in [0.05, 0.1) is 18.3 Å². The van der Waals surface area contributed by atoms with Gasteiger partial charge in [-0.2, -0.15) is 18.6 Å². The van der Waals surface area contributed by atoms with Crippen LogP contribution in [0.4, 0.5) is 9.59 Å². The lowest BCUT2D eigenvalue weighted by Crippen LogP contribution is -2.41. The summed E-state index contributed by atoms with van der Waals surface area (Å²) in [5.74, 6) is 0.473. The summed E-state index contributed by atoms with van der Waals surface area (Å²) in [5.41, 5.74) is 0.819. The highest BCUT2D eigenvalue weighted by Gasteiger charge is 2.51. The van der Waals surface area contributed by atoms with Gasteiger partial charge in [-0.15, -0.1) is 4.28 Å². The Morgan fingerprint density at radius 2 is 2.18 bits per heavy atom. The molecule has 14 heteroatoms. The van der Waals surface area contributed by atoms with Gasteiger partial charge in [0.25, 0.3) is 0 Å². The van der Waals surface area contributed by atoms with Crippen LogP contribution in [0.3, 0.4) is 0 Å². The number of fused-ring (bicyclic) bond motifs is 4. The summed E-state index contributed by atoms with van der Waals surface area (Å²) in [6.45, 7) is -0.138. The van der Waals surface area contributed by atoms with Crippen LogP contribution in [0.15, 0.2) is 30.6 Å². The molecule has 0 spiro atoms. The summed E-state index contributed by atoms with van der Waals surface area (Å²) in [6.07, 6.45) is 1.84. The predicted molar refractivity (Wildman–Crippen MR) is 89.4 cm³/mol. The van der Waals surface area contributed by atoms with E-state index in [2.05, 4.69) is 19.7 Å². The predicted octanol–water partition coefficient (Wildman–Crippen LogP) is 0.103. The number of carbonyl (C=O) groups is 2. The lowest BCUT2D eigenvalue weighted by Gasteiger charge is -2.29. The average molecular weight is 410 g/mol. The summed E-state index contributed by atoms with van der Waals surface area (Å²) in [4.78, 5) is 28.9. The highest BCUT2D eigenvalue weighted by Crippen LogP contribution is 2.43. The fourth-order valence-electron chi connectivity index (χ4n) is 3.33. The van der Waals surface area contributed by atoms with Crippen molar-refractivity contribution < 1.29 is 31.9 Å². The van der Waals surface area contributed by atoms with Crippen molar-refractivity contribution in [2.75, 3.05) is 13.1 Å². The second kappa shape index (κ2) is 6.43. The van der Waals surface area contributed by atoms with Crippen LogP contribution in [0.5, 0.6) is 0 Å². The Bertz CT molecular complexity index is 1040. The van der Waals surface area contributed by atoms with Crippen molar-refractivity contribution in [3.8, 4) is 5.82 Å². The van der Waals surface area contributed by atoms with Gasteiger partial charge >= 0.3 is 22.5 Å². The number of hydroxylamine groups is 2. The summed E-state index contributed by atoms with van der Waals surface area (Å²) in [6, 6.07) is 2.68. The molecule has 1 fully saturated rings. The number of amides is 3. The Kier molecular flexibility index (Phi) is 4.17. The van der Waals surface area contributed by atoms with Gasteiger partial charge in [-0.05, 0) is 12.1 Å². The summed E-state index contributed by atoms with van der Waals surface area (Å²) < 4.78 is 37.2. The van der Waals surface area contributed by atoms with Crippen molar-refractivity contribution in [2.45, 2.75) is 12.1 Å². The number of pyridine rings is 1. The van der Waals surface area contributed by atoms with E-state index in [0.29, 0.717) is 22.1 Å². The maximum Gasteiger partial charge on any atom is 0.418 e. The van der Waals surface area contributed by atoms with Crippen molar-refractivity contribution in [1.82, 2.24) is 30.0 Å². The van der Waals surface area contributed by atoms with E-state index in [1.165, 1.54) is 9.58 Å². The zero-order chi connectivity index (χ0) is 20.1. The van der Waals surface area contributed by atoms with Gasteiger partial charge in [-0.1, -0.05) is 6.07 Å². The van der Waals surface area contributed by atoms with Crippen molar-refractivity contribution in [3.05, 3.63) is 41.9 Å². The number of urea groups is 1. The highest BCUT2D eigenvalue weighted by molar-refractivity contribution is 7.80. The minimum absolute atomic E-state index is 0.0290. The Morgan fingerprint density at radius 3 is 2.82 bits per heavy atom. The molecular formula is C14H14N6O7S. The third-order valence-electron chi connectivity index (χ3n) is 4.42. The third-order valence-corrected chi connectivity index (χ3v) is 4.76. The number of aromatic nitrogens is 3. The Morgan fingerprint density at radius 1 is 1.39 bits per heavy atom. The van der Waals surface area contributed by atoms with Gasteiger partial charge < -0.3 is 15.3 Å². The molecule has 2 aromatic heterocycles. The highest BCUT2D eigenvalue weighted by atomic mass is 32.3. The van der Waals surface area contributed by atoms with Crippen LogP contribution in [-0.2, 0) is 14.7 Å². The van der Waals surface area contributed by atoms with Gasteiger partial charge in [0.2, 0.25) is 0 Å². The maximum atomic E-state index is 12.6. The van der Waals surface area contributed by atoms with Crippen LogP contribution < -0.4 is 5.32 Å². The molecule has 13 nitrogen and oxygen atoms in total. The summed E-state index contributed by atoms with van der Waals surface area (Å²) in [7, 11) is -4.94. The number of rotatable bonds is 5. The van der Waals surface area contributed by atoms with Gasteiger partial charge in [0, 0.05) is 24.5 Å². The van der Waals surface area contributed by atoms with Crippen LogP contribution in [0.1, 0.15) is 23.3 Å². The van der Waals surface area contributed by atoms with Gasteiger partial charge in [-0.3, -0.25) is 4.55 Å². The number of hydrogen-bond donors (Lipinski definition) is 3. The first kappa shape index (κ1) is 18.1. The Labute approximate surface area is 158 Å². The van der Waals surface area contributed by atoms with Crippen molar-refractivity contribution in [2.24, 2.45) is 0 Å². The Balaban J connectivity index is 1.78. The normalized spacial score (nSPS) is 21.0. The van der Waals surface area contributed by atoms with Crippen molar-refractivity contribution in [1.29, 1.82) is 0 Å². The molecule has 2 aliphatic heterocycles. The van der Waals surface area contributed by atoms with Crippen LogP contribution in [0.25, 0.3) is 5.82 Å². The molecule has 4 heterocycles. The largest absolute Gasteiger partial charge is 0.465 e. The molecule has 3 N–H and O–H groups in total. The fourth-order valence-corrected chi connectivity index (χ4v) is 3.70. The molecule has 148 valence electrons. The fraction of sp³-hybridized carbons (Fsp3) is 0.286. The minimum atomic E-state index is -4.94. The lowest BCUT2D eigenvalue weighted by atomic mass is 9.98. The minimum Gasteiger partial charge on any atom is -0.465 e. The molecule has 3 amide bonds. The van der Waals surface area contributed by atoms with Crippen molar-refractivity contribution >= 4 is 22.5 Å². The van der Waals surface area contributed by atoms with E-state index in [1.807, 2.05) is 0 Å². The number of nitrogens with zero attached hydrogens (tertiary/aromatic N) is 5. The molecule has 28 heavy (non-hydrogen) atoms. The zero-order valence-electron chi connectivity index (χ0n) is 14.0. The van der Waals surface area contributed by atoms with E-state index in [-0.39, 0.29) is 13.1 Å². The molecule has 2 aliphatic rings. The maximum absolute atomic E-state index is 12.6.